The van der Waals surface area contributed by atoms with Gasteiger partial charge in [0, 0.05) is 47.0 Å². The number of nitrogens with one attached hydrogen (secondary N) is 5. The highest BCUT2D eigenvalue weighted by Crippen LogP contribution is 2.20. The highest BCUT2D eigenvalue weighted by atomic mass is 16.4. The van der Waals surface area contributed by atoms with Crippen molar-refractivity contribution in [1.82, 2.24) is 25.9 Å². The fourth-order valence-corrected chi connectivity index (χ4v) is 4.89. The molecule has 232 valence electrons. The van der Waals surface area contributed by atoms with Crippen LogP contribution in [-0.2, 0) is 36.8 Å². The van der Waals surface area contributed by atoms with Gasteiger partial charge in [0.2, 0.25) is 23.6 Å². The second-order valence-corrected chi connectivity index (χ2v) is 10.6. The molecule has 0 saturated carbocycles. The number of carboxylic acids is 1. The van der Waals surface area contributed by atoms with Crippen molar-refractivity contribution in [3.8, 4) is 0 Å². The predicted molar refractivity (Wildman–Crippen MR) is 161 cm³/mol. The Kier molecular flexibility index (Phi) is 9.98. The monoisotopic (exact) mass is 605 g/mol. The Morgan fingerprint density at radius 1 is 0.750 bits per heavy atom. The number of aliphatic hydroxyl groups is 1. The van der Waals surface area contributed by atoms with E-state index in [-0.39, 0.29) is 12.8 Å². The molecule has 0 fully saturated rings. The second kappa shape index (κ2) is 13.8. The van der Waals surface area contributed by atoms with E-state index in [1.54, 1.807) is 24.5 Å². The zero-order valence-corrected chi connectivity index (χ0v) is 23.9. The molecule has 4 aromatic rings. The summed E-state index contributed by atoms with van der Waals surface area (Å²) in [6, 6.07) is 8.93. The van der Waals surface area contributed by atoms with Gasteiger partial charge >= 0.3 is 5.97 Å². The topological polar surface area (TPSA) is 246 Å². The fourth-order valence-electron chi connectivity index (χ4n) is 4.89. The number of aliphatic hydroxyl groups excluding tert-OH is 1. The lowest BCUT2D eigenvalue weighted by molar-refractivity contribution is -0.142. The summed E-state index contributed by atoms with van der Waals surface area (Å²) in [4.78, 5) is 69.7. The third-order valence-corrected chi connectivity index (χ3v) is 7.31. The number of aliphatic carboxylic acids is 1. The summed E-state index contributed by atoms with van der Waals surface area (Å²) in [6.45, 7) is 1.32. The van der Waals surface area contributed by atoms with Crippen LogP contribution in [0.1, 0.15) is 24.5 Å². The Labute approximate surface area is 251 Å². The average molecular weight is 606 g/mol. The van der Waals surface area contributed by atoms with E-state index in [4.69, 9.17) is 11.5 Å². The number of benzene rings is 2. The third-order valence-electron chi connectivity index (χ3n) is 7.31. The zero-order valence-electron chi connectivity index (χ0n) is 23.9. The van der Waals surface area contributed by atoms with E-state index in [0.29, 0.717) is 11.1 Å². The predicted octanol–water partition coefficient (Wildman–Crippen LogP) is -0.443. The number of rotatable bonds is 14. The van der Waals surface area contributed by atoms with Crippen LogP contribution in [0.25, 0.3) is 21.8 Å². The quantitative estimate of drug-likeness (QED) is 0.0909. The van der Waals surface area contributed by atoms with Crippen LogP contribution < -0.4 is 27.4 Å². The van der Waals surface area contributed by atoms with Crippen molar-refractivity contribution in [2.75, 3.05) is 0 Å². The van der Waals surface area contributed by atoms with Gasteiger partial charge < -0.3 is 47.6 Å². The van der Waals surface area contributed by atoms with Crippen molar-refractivity contribution >= 4 is 51.4 Å². The highest BCUT2D eigenvalue weighted by Gasteiger charge is 2.32. The van der Waals surface area contributed by atoms with Gasteiger partial charge in [-0.15, -0.1) is 0 Å². The summed E-state index contributed by atoms with van der Waals surface area (Å²) in [7, 11) is 0. The first-order valence-corrected chi connectivity index (χ1v) is 13.9. The van der Waals surface area contributed by atoms with Gasteiger partial charge in [-0.2, -0.15) is 0 Å². The van der Waals surface area contributed by atoms with Gasteiger partial charge in [-0.05, 0) is 30.2 Å². The molecule has 0 aliphatic heterocycles. The summed E-state index contributed by atoms with van der Waals surface area (Å²) in [5.41, 5.74) is 14.0. The Morgan fingerprint density at radius 3 is 1.70 bits per heavy atom. The lowest BCUT2D eigenvalue weighted by Crippen LogP contribution is -2.59. The molecule has 0 bridgehead atoms. The summed E-state index contributed by atoms with van der Waals surface area (Å²) in [5, 5.41) is 28.6. The molecule has 14 heteroatoms. The van der Waals surface area contributed by atoms with E-state index in [2.05, 4.69) is 25.9 Å². The van der Waals surface area contributed by atoms with E-state index >= 15 is 0 Å². The zero-order chi connectivity index (χ0) is 32.0. The van der Waals surface area contributed by atoms with Crippen LogP contribution in [-0.4, -0.2) is 80.1 Å². The number of hydrogen-bond acceptors (Lipinski definition) is 7. The third kappa shape index (κ3) is 7.59. The maximum absolute atomic E-state index is 13.6. The number of aromatic nitrogens is 2. The molecule has 4 rings (SSSR count). The van der Waals surface area contributed by atoms with Gasteiger partial charge in [-0.25, -0.2) is 4.79 Å². The van der Waals surface area contributed by atoms with Crippen LogP contribution >= 0.6 is 0 Å². The van der Waals surface area contributed by atoms with Crippen LogP contribution in [0.4, 0.5) is 0 Å². The van der Waals surface area contributed by atoms with Crippen molar-refractivity contribution in [2.24, 2.45) is 11.5 Å². The number of H-pyrrole nitrogens is 2. The average Bonchev–Trinajstić information content (AvgIpc) is 3.59. The van der Waals surface area contributed by atoms with Crippen molar-refractivity contribution in [1.29, 1.82) is 0 Å². The molecular formula is C30H35N7O7. The summed E-state index contributed by atoms with van der Waals surface area (Å²) < 4.78 is 0. The molecule has 44 heavy (non-hydrogen) atoms. The SMILES string of the molecule is CC(O)C(N)C(=O)NC(Cc1c[nH]c2ccccc12)C(=O)NC(CC(N)=O)C(=O)NC(Cc1c[nH]c2ccccc12)C(=O)O. The minimum atomic E-state index is -1.56. The number of nitrogens with two attached hydrogens (primary N) is 2. The number of aromatic amines is 2. The number of fused-ring (bicyclic) bond motifs is 2. The summed E-state index contributed by atoms with van der Waals surface area (Å²) in [6.07, 6.45) is 1.33. The molecule has 2 heterocycles. The van der Waals surface area contributed by atoms with Gasteiger partial charge in [0.1, 0.15) is 24.2 Å². The smallest absolute Gasteiger partial charge is 0.326 e. The molecular weight excluding hydrogens is 570 g/mol. The van der Waals surface area contributed by atoms with E-state index in [9.17, 15) is 34.2 Å². The summed E-state index contributed by atoms with van der Waals surface area (Å²) in [5.74, 6) is -4.89. The minimum absolute atomic E-state index is 0.0443. The van der Waals surface area contributed by atoms with Crippen LogP contribution in [0.5, 0.6) is 0 Å². The number of amides is 4. The lowest BCUT2D eigenvalue weighted by Gasteiger charge is -2.25. The number of carbonyl (C=O) groups excluding carboxylic acids is 4. The van der Waals surface area contributed by atoms with Crippen LogP contribution in [0.3, 0.4) is 0 Å². The number of primary amides is 1. The van der Waals surface area contributed by atoms with Crippen LogP contribution in [0, 0.1) is 0 Å². The first kappa shape index (κ1) is 31.7. The number of carboxylic acid groups (broad SMARTS) is 1. The van der Waals surface area contributed by atoms with Crippen molar-refractivity contribution in [3.05, 3.63) is 72.1 Å². The molecule has 0 aliphatic carbocycles. The minimum Gasteiger partial charge on any atom is -0.480 e. The second-order valence-electron chi connectivity index (χ2n) is 10.6. The summed E-state index contributed by atoms with van der Waals surface area (Å²) >= 11 is 0. The first-order chi connectivity index (χ1) is 20.9. The molecule has 5 unspecified atom stereocenters. The van der Waals surface area contributed by atoms with Gasteiger partial charge in [-0.3, -0.25) is 19.2 Å². The van der Waals surface area contributed by atoms with E-state index in [0.717, 1.165) is 21.8 Å². The standard InChI is InChI=1S/C30H35N7O7/c1-15(38)26(32)29(42)36-22(10-16-13-33-20-8-4-2-6-18(16)20)27(40)35-23(12-25(31)39)28(41)37-24(30(43)44)11-17-14-34-21-9-5-3-7-19(17)21/h2-9,13-15,22-24,26,33-34,38H,10-12,32H2,1H3,(H2,31,39)(H,35,40)(H,36,42)(H,37,41)(H,43,44). The number of carbonyl (C=O) groups is 5. The normalized spacial score (nSPS) is 14.7. The van der Waals surface area contributed by atoms with Crippen molar-refractivity contribution in [3.63, 3.8) is 0 Å². The largest absolute Gasteiger partial charge is 0.480 e. The van der Waals surface area contributed by atoms with Crippen molar-refractivity contribution < 1.29 is 34.2 Å². The molecule has 0 aliphatic rings. The van der Waals surface area contributed by atoms with Gasteiger partial charge in [0.05, 0.1) is 12.5 Å². The van der Waals surface area contributed by atoms with E-state index < -0.39 is 66.3 Å². The van der Waals surface area contributed by atoms with E-state index in [1.807, 2.05) is 36.4 Å². The van der Waals surface area contributed by atoms with Gasteiger partial charge in [0.15, 0.2) is 0 Å². The molecule has 14 nitrogen and oxygen atoms in total. The molecule has 0 spiro atoms. The lowest BCUT2D eigenvalue weighted by atomic mass is 10.0. The highest BCUT2D eigenvalue weighted by molar-refractivity contribution is 5.97. The van der Waals surface area contributed by atoms with E-state index in [1.165, 1.54) is 6.92 Å². The molecule has 4 amide bonds. The van der Waals surface area contributed by atoms with Gasteiger partial charge in [0.25, 0.3) is 0 Å². The Morgan fingerprint density at radius 2 is 1.20 bits per heavy atom. The fraction of sp³-hybridized carbons (Fsp3) is 0.300. The molecule has 2 aromatic carbocycles. The maximum Gasteiger partial charge on any atom is 0.326 e. The van der Waals surface area contributed by atoms with Gasteiger partial charge in [-0.1, -0.05) is 36.4 Å². The van der Waals surface area contributed by atoms with Crippen LogP contribution in [0.15, 0.2) is 60.9 Å². The van der Waals surface area contributed by atoms with Crippen LogP contribution in [0.2, 0.25) is 0 Å². The molecule has 11 N–H and O–H groups in total. The van der Waals surface area contributed by atoms with Crippen molar-refractivity contribution in [2.45, 2.75) is 56.5 Å². The molecule has 5 atom stereocenters. The maximum atomic E-state index is 13.6. The first-order valence-electron chi connectivity index (χ1n) is 13.9. The molecule has 2 aromatic heterocycles. The number of para-hydroxylation sites is 2. The Hall–Kier alpha value is -5.21. The molecule has 0 saturated heterocycles. The number of hydrogen-bond donors (Lipinski definition) is 9. The molecule has 0 radical (unpaired) electrons. The Balaban J connectivity index is 1.55. The Bertz CT molecular complexity index is 1680.